The predicted octanol–water partition coefficient (Wildman–Crippen LogP) is 11.3. The van der Waals surface area contributed by atoms with Crippen molar-refractivity contribution >= 4 is 61.6 Å². The quantitative estimate of drug-likeness (QED) is 0.175. The van der Waals surface area contributed by atoms with Crippen LogP contribution in [0.4, 0.5) is 0 Å². The molecule has 0 aliphatic carbocycles. The van der Waals surface area contributed by atoms with Crippen LogP contribution in [-0.4, -0.2) is 11.5 Å². The highest BCUT2D eigenvalue weighted by Crippen LogP contribution is 2.45. The molecule has 0 radical (unpaired) electrons. The Balaban J connectivity index is 1.05. The predicted molar refractivity (Wildman–Crippen MR) is 217 cm³/mol. The molecule has 0 fully saturated rings. The number of para-hydroxylation sites is 4. The van der Waals surface area contributed by atoms with Crippen LogP contribution in [0.25, 0.3) is 82.8 Å². The number of nitrogens with zero attached hydrogens (tertiary/aromatic N) is 1. The molecule has 4 nitrogen and oxygen atoms in total. The van der Waals surface area contributed by atoms with Gasteiger partial charge in [-0.15, -0.1) is 0 Å². The molecule has 246 valence electrons. The molecule has 53 heavy (non-hydrogen) atoms. The fraction of sp³-hybridized carbons (Fsp3) is 0. The maximum absolute atomic E-state index is 7.00. The summed E-state index contributed by atoms with van der Waals surface area (Å²) in [5.41, 5.74) is 13.9. The van der Waals surface area contributed by atoms with Gasteiger partial charge in [-0.1, -0.05) is 109 Å². The standard InChI is InChI=1S/C48H28BNO3/c1-5-18-40-34(13-1)35-14-2-6-19-41(35)50(40)32-12-9-11-29(25-32)31-26-38-36-24-23-30(33-16-10-22-44-47(33)37-15-3-7-20-42(37)51-44)27-45(36)53-49-39-17-4-8-21-43(39)52-46(28-31)48(38)49/h1-28H. The molecule has 0 bridgehead atoms. The van der Waals surface area contributed by atoms with Crippen LogP contribution in [0, 0.1) is 0 Å². The molecule has 2 aliphatic rings. The van der Waals surface area contributed by atoms with Gasteiger partial charge >= 0.3 is 6.92 Å². The largest absolute Gasteiger partial charge is 0.551 e. The molecule has 0 N–H and O–H groups in total. The van der Waals surface area contributed by atoms with Gasteiger partial charge in [0.1, 0.15) is 28.4 Å². The van der Waals surface area contributed by atoms with Crippen LogP contribution in [0.5, 0.6) is 17.2 Å². The average Bonchev–Trinajstić information content (AvgIpc) is 3.77. The van der Waals surface area contributed by atoms with Gasteiger partial charge in [0, 0.05) is 43.7 Å². The van der Waals surface area contributed by atoms with Gasteiger partial charge in [0.2, 0.25) is 0 Å². The fourth-order valence-electron chi connectivity index (χ4n) is 8.73. The van der Waals surface area contributed by atoms with Gasteiger partial charge < -0.3 is 18.4 Å². The molecule has 4 heterocycles. The maximum atomic E-state index is 7.00. The normalized spacial score (nSPS) is 12.8. The van der Waals surface area contributed by atoms with Gasteiger partial charge in [0.25, 0.3) is 0 Å². The summed E-state index contributed by atoms with van der Waals surface area (Å²) in [6.45, 7) is -0.295. The Morgan fingerprint density at radius 3 is 2.02 bits per heavy atom. The maximum Gasteiger partial charge on any atom is 0.434 e. The molecule has 10 aromatic rings. The summed E-state index contributed by atoms with van der Waals surface area (Å²) in [5.74, 6) is 2.50. The van der Waals surface area contributed by atoms with Crippen molar-refractivity contribution in [2.45, 2.75) is 0 Å². The topological polar surface area (TPSA) is 36.5 Å². The fourth-order valence-corrected chi connectivity index (χ4v) is 8.73. The minimum atomic E-state index is -0.295. The van der Waals surface area contributed by atoms with Crippen LogP contribution in [0.15, 0.2) is 174 Å². The lowest BCUT2D eigenvalue weighted by atomic mass is 9.50. The molecular weight excluding hydrogens is 649 g/mol. The molecule has 0 atom stereocenters. The number of benzene rings is 8. The first-order valence-corrected chi connectivity index (χ1v) is 18.0. The van der Waals surface area contributed by atoms with Gasteiger partial charge in [-0.25, -0.2) is 0 Å². The lowest BCUT2D eigenvalue weighted by Crippen LogP contribution is -2.53. The molecule has 12 rings (SSSR count). The van der Waals surface area contributed by atoms with Crippen LogP contribution >= 0.6 is 0 Å². The van der Waals surface area contributed by atoms with Crippen molar-refractivity contribution in [2.75, 3.05) is 0 Å². The van der Waals surface area contributed by atoms with Gasteiger partial charge in [-0.2, -0.15) is 0 Å². The van der Waals surface area contributed by atoms with E-state index in [1.807, 2.05) is 30.3 Å². The highest BCUT2D eigenvalue weighted by atomic mass is 16.5. The highest BCUT2D eigenvalue weighted by Gasteiger charge is 2.41. The second kappa shape index (κ2) is 10.8. The number of ether oxygens (including phenoxy) is 1. The Bertz CT molecular complexity index is 3100. The summed E-state index contributed by atoms with van der Waals surface area (Å²) in [6.07, 6.45) is 0. The summed E-state index contributed by atoms with van der Waals surface area (Å²) in [5, 5.41) is 4.72. The number of hydrogen-bond donors (Lipinski definition) is 0. The minimum Gasteiger partial charge on any atom is -0.551 e. The first kappa shape index (κ1) is 28.7. The SMILES string of the molecule is c1cc(-c2cc3c4c(c2)-c2ccc(-c5cccc6oc7ccccc7c56)cc2OB4c2ccccc2O3)cc(-n2c3ccccc3c3ccccc32)c1. The first-order chi connectivity index (χ1) is 26.3. The van der Waals surface area contributed by atoms with Gasteiger partial charge in [0.15, 0.2) is 0 Å². The number of aromatic nitrogens is 1. The summed E-state index contributed by atoms with van der Waals surface area (Å²) in [7, 11) is 0. The molecule has 5 heteroatoms. The van der Waals surface area contributed by atoms with E-state index in [1.54, 1.807) is 0 Å². The summed E-state index contributed by atoms with van der Waals surface area (Å²) in [6, 6.07) is 60.0. The highest BCUT2D eigenvalue weighted by molar-refractivity contribution is 6.84. The van der Waals surface area contributed by atoms with E-state index in [0.717, 1.165) is 89.2 Å². The Morgan fingerprint density at radius 1 is 0.434 bits per heavy atom. The Labute approximate surface area is 305 Å². The van der Waals surface area contributed by atoms with E-state index in [2.05, 4.69) is 144 Å². The monoisotopic (exact) mass is 677 g/mol. The second-order valence-electron chi connectivity index (χ2n) is 14.0. The van der Waals surface area contributed by atoms with Crippen LogP contribution < -0.4 is 20.3 Å². The first-order valence-electron chi connectivity index (χ1n) is 18.0. The van der Waals surface area contributed by atoms with Crippen LogP contribution in [0.2, 0.25) is 0 Å². The van der Waals surface area contributed by atoms with E-state index in [9.17, 15) is 0 Å². The smallest absolute Gasteiger partial charge is 0.434 e. The molecule has 0 spiro atoms. The molecule has 0 unspecified atom stereocenters. The van der Waals surface area contributed by atoms with E-state index in [0.29, 0.717) is 0 Å². The minimum absolute atomic E-state index is 0.295. The third-order valence-electron chi connectivity index (χ3n) is 11.1. The van der Waals surface area contributed by atoms with E-state index < -0.39 is 0 Å². The number of furan rings is 1. The van der Waals surface area contributed by atoms with Crippen LogP contribution in [-0.2, 0) is 0 Å². The zero-order valence-corrected chi connectivity index (χ0v) is 28.4. The lowest BCUT2D eigenvalue weighted by molar-refractivity contribution is 0.479. The second-order valence-corrected chi connectivity index (χ2v) is 14.0. The molecule has 2 aliphatic heterocycles. The molecule has 0 amide bonds. The zero-order valence-electron chi connectivity index (χ0n) is 28.4. The van der Waals surface area contributed by atoms with E-state index in [-0.39, 0.29) is 6.92 Å². The van der Waals surface area contributed by atoms with Crippen molar-refractivity contribution < 1.29 is 13.8 Å². The van der Waals surface area contributed by atoms with E-state index in [1.165, 1.54) is 21.8 Å². The van der Waals surface area contributed by atoms with E-state index in [4.69, 9.17) is 13.8 Å². The van der Waals surface area contributed by atoms with Gasteiger partial charge in [-0.05, 0) is 88.5 Å². The average molecular weight is 678 g/mol. The van der Waals surface area contributed by atoms with Crippen molar-refractivity contribution in [3.05, 3.63) is 170 Å². The van der Waals surface area contributed by atoms with Crippen LogP contribution in [0.1, 0.15) is 0 Å². The van der Waals surface area contributed by atoms with Crippen molar-refractivity contribution in [1.29, 1.82) is 0 Å². The third-order valence-corrected chi connectivity index (χ3v) is 11.1. The number of hydrogen-bond acceptors (Lipinski definition) is 3. The molecular formula is C48H28BNO3. The molecule has 8 aromatic carbocycles. The molecule has 2 aromatic heterocycles. The summed E-state index contributed by atoms with van der Waals surface area (Å²) < 4.78 is 22.3. The van der Waals surface area contributed by atoms with Crippen molar-refractivity contribution in [3.8, 4) is 56.3 Å². The Morgan fingerprint density at radius 2 is 1.15 bits per heavy atom. The summed E-state index contributed by atoms with van der Waals surface area (Å²) in [4.78, 5) is 0. The van der Waals surface area contributed by atoms with Gasteiger partial charge in [-0.3, -0.25) is 0 Å². The Hall–Kier alpha value is -6.98. The number of rotatable bonds is 3. The van der Waals surface area contributed by atoms with Gasteiger partial charge in [0.05, 0.1) is 11.0 Å². The number of fused-ring (bicyclic) bond motifs is 10. The third kappa shape index (κ3) is 4.13. The van der Waals surface area contributed by atoms with Crippen LogP contribution in [0.3, 0.4) is 0 Å². The van der Waals surface area contributed by atoms with Crippen molar-refractivity contribution in [2.24, 2.45) is 0 Å². The summed E-state index contributed by atoms with van der Waals surface area (Å²) >= 11 is 0. The molecule has 0 saturated heterocycles. The van der Waals surface area contributed by atoms with Crippen molar-refractivity contribution in [1.82, 2.24) is 4.57 Å². The molecule has 0 saturated carbocycles. The Kier molecular flexibility index (Phi) is 5.83. The van der Waals surface area contributed by atoms with E-state index >= 15 is 0 Å². The lowest BCUT2D eigenvalue weighted by Gasteiger charge is -2.33. The zero-order chi connectivity index (χ0) is 34.6. The van der Waals surface area contributed by atoms with Crippen molar-refractivity contribution in [3.63, 3.8) is 0 Å².